The number of nitrogen functional groups attached to an aromatic ring is 1. The lowest BCUT2D eigenvalue weighted by atomic mass is 10.3. The summed E-state index contributed by atoms with van der Waals surface area (Å²) in [5.41, 5.74) is 6.59. The Balaban J connectivity index is 2.32. The average molecular weight is 193 g/mol. The minimum Gasteiger partial charge on any atom is -0.494 e. The SMILES string of the molecule is COc1ccnc(N2CCCC2)c1N. The normalized spacial score (nSPS) is 15.9. The summed E-state index contributed by atoms with van der Waals surface area (Å²) >= 11 is 0. The van der Waals surface area contributed by atoms with Gasteiger partial charge in [0.05, 0.1) is 7.11 Å². The highest BCUT2D eigenvalue weighted by Gasteiger charge is 2.17. The van der Waals surface area contributed by atoms with Gasteiger partial charge in [-0.1, -0.05) is 0 Å². The maximum absolute atomic E-state index is 5.94. The molecule has 1 aromatic rings. The molecule has 1 aliphatic heterocycles. The Bertz CT molecular complexity index is 321. The molecule has 0 atom stereocenters. The van der Waals surface area contributed by atoms with E-state index >= 15 is 0 Å². The van der Waals surface area contributed by atoms with Crippen molar-refractivity contribution in [1.82, 2.24) is 4.98 Å². The smallest absolute Gasteiger partial charge is 0.155 e. The molecule has 1 fully saturated rings. The van der Waals surface area contributed by atoms with Crippen molar-refractivity contribution in [3.63, 3.8) is 0 Å². The van der Waals surface area contributed by atoms with Gasteiger partial charge in [-0.25, -0.2) is 4.98 Å². The van der Waals surface area contributed by atoms with E-state index in [4.69, 9.17) is 10.5 Å². The van der Waals surface area contributed by atoms with Crippen LogP contribution in [0.1, 0.15) is 12.8 Å². The van der Waals surface area contributed by atoms with Crippen molar-refractivity contribution in [2.75, 3.05) is 30.8 Å². The summed E-state index contributed by atoms with van der Waals surface area (Å²) in [6.45, 7) is 2.09. The molecule has 14 heavy (non-hydrogen) atoms. The Labute approximate surface area is 83.7 Å². The van der Waals surface area contributed by atoms with Crippen LogP contribution >= 0.6 is 0 Å². The van der Waals surface area contributed by atoms with Gasteiger partial charge >= 0.3 is 0 Å². The van der Waals surface area contributed by atoms with Crippen molar-refractivity contribution in [3.05, 3.63) is 12.3 Å². The van der Waals surface area contributed by atoms with E-state index in [0.717, 1.165) is 18.9 Å². The molecule has 0 saturated carbocycles. The Morgan fingerprint density at radius 3 is 2.79 bits per heavy atom. The summed E-state index contributed by atoms with van der Waals surface area (Å²) in [6, 6.07) is 1.79. The van der Waals surface area contributed by atoms with Crippen molar-refractivity contribution in [1.29, 1.82) is 0 Å². The lowest BCUT2D eigenvalue weighted by Crippen LogP contribution is -2.20. The van der Waals surface area contributed by atoms with E-state index in [1.807, 2.05) is 0 Å². The van der Waals surface area contributed by atoms with Crippen LogP contribution in [0.5, 0.6) is 5.75 Å². The first kappa shape index (κ1) is 9.12. The second-order valence-corrected chi connectivity index (χ2v) is 3.44. The van der Waals surface area contributed by atoms with E-state index in [0.29, 0.717) is 11.4 Å². The number of anilines is 2. The summed E-state index contributed by atoms with van der Waals surface area (Å²) in [6.07, 6.45) is 4.18. The largest absolute Gasteiger partial charge is 0.494 e. The predicted molar refractivity (Wildman–Crippen MR) is 56.6 cm³/mol. The second kappa shape index (κ2) is 3.74. The van der Waals surface area contributed by atoms with Crippen molar-refractivity contribution >= 4 is 11.5 Å². The van der Waals surface area contributed by atoms with E-state index in [9.17, 15) is 0 Å². The van der Waals surface area contributed by atoms with Crippen LogP contribution in [0.4, 0.5) is 11.5 Å². The molecule has 1 aromatic heterocycles. The molecule has 0 aliphatic carbocycles. The average Bonchev–Trinajstić information content (AvgIpc) is 2.71. The molecule has 0 amide bonds. The Morgan fingerprint density at radius 1 is 1.43 bits per heavy atom. The highest BCUT2D eigenvalue weighted by Crippen LogP contribution is 2.31. The first-order valence-corrected chi connectivity index (χ1v) is 4.86. The van der Waals surface area contributed by atoms with Gasteiger partial charge in [-0.05, 0) is 12.8 Å². The number of pyridine rings is 1. The molecule has 4 nitrogen and oxygen atoms in total. The van der Waals surface area contributed by atoms with E-state index in [1.165, 1.54) is 12.8 Å². The fourth-order valence-electron chi connectivity index (χ4n) is 1.80. The van der Waals surface area contributed by atoms with Crippen LogP contribution in [0.3, 0.4) is 0 Å². The number of methoxy groups -OCH3 is 1. The lowest BCUT2D eigenvalue weighted by Gasteiger charge is -2.19. The zero-order valence-corrected chi connectivity index (χ0v) is 8.36. The van der Waals surface area contributed by atoms with E-state index in [1.54, 1.807) is 19.4 Å². The van der Waals surface area contributed by atoms with Crippen LogP contribution in [0, 0.1) is 0 Å². The number of nitrogens with zero attached hydrogens (tertiary/aromatic N) is 2. The third-order valence-electron chi connectivity index (χ3n) is 2.55. The van der Waals surface area contributed by atoms with Gasteiger partial charge in [0.25, 0.3) is 0 Å². The fourth-order valence-corrected chi connectivity index (χ4v) is 1.80. The first-order valence-electron chi connectivity index (χ1n) is 4.86. The van der Waals surface area contributed by atoms with Gasteiger partial charge in [0.15, 0.2) is 5.82 Å². The third-order valence-corrected chi connectivity index (χ3v) is 2.55. The van der Waals surface area contributed by atoms with Gasteiger partial charge in [-0.15, -0.1) is 0 Å². The molecule has 0 spiro atoms. The standard InChI is InChI=1S/C10H15N3O/c1-14-8-4-5-12-10(9(8)11)13-6-2-3-7-13/h4-5H,2-3,6-7,11H2,1H3. The molecule has 0 bridgehead atoms. The maximum Gasteiger partial charge on any atom is 0.155 e. The first-order chi connectivity index (χ1) is 6.83. The molecular weight excluding hydrogens is 178 g/mol. The molecule has 2 N–H and O–H groups in total. The third kappa shape index (κ3) is 1.47. The number of hydrogen-bond donors (Lipinski definition) is 1. The monoisotopic (exact) mass is 193 g/mol. The minimum absolute atomic E-state index is 0.650. The van der Waals surface area contributed by atoms with Crippen LogP contribution in [0.25, 0.3) is 0 Å². The van der Waals surface area contributed by atoms with Crippen LogP contribution in [-0.2, 0) is 0 Å². The summed E-state index contributed by atoms with van der Waals surface area (Å²) in [7, 11) is 1.62. The molecule has 4 heteroatoms. The van der Waals surface area contributed by atoms with Crippen LogP contribution in [-0.4, -0.2) is 25.2 Å². The number of ether oxygens (including phenoxy) is 1. The van der Waals surface area contributed by atoms with Crippen LogP contribution < -0.4 is 15.4 Å². The van der Waals surface area contributed by atoms with Gasteiger partial charge < -0.3 is 15.4 Å². The van der Waals surface area contributed by atoms with Gasteiger partial charge in [0.2, 0.25) is 0 Å². The van der Waals surface area contributed by atoms with Crippen molar-refractivity contribution in [2.45, 2.75) is 12.8 Å². The Morgan fingerprint density at radius 2 is 2.14 bits per heavy atom. The molecule has 0 radical (unpaired) electrons. The summed E-state index contributed by atoms with van der Waals surface area (Å²) < 4.78 is 5.15. The van der Waals surface area contributed by atoms with Crippen LogP contribution in [0.2, 0.25) is 0 Å². The molecule has 2 heterocycles. The molecule has 1 saturated heterocycles. The van der Waals surface area contributed by atoms with Crippen LogP contribution in [0.15, 0.2) is 12.3 Å². The molecule has 2 rings (SSSR count). The quantitative estimate of drug-likeness (QED) is 0.768. The van der Waals surface area contributed by atoms with Crippen molar-refractivity contribution in [2.24, 2.45) is 0 Å². The summed E-state index contributed by atoms with van der Waals surface area (Å²) in [5.74, 6) is 1.57. The van der Waals surface area contributed by atoms with Gasteiger partial charge in [-0.3, -0.25) is 0 Å². The zero-order valence-electron chi connectivity index (χ0n) is 8.36. The maximum atomic E-state index is 5.94. The van der Waals surface area contributed by atoms with Crippen molar-refractivity contribution < 1.29 is 4.74 Å². The predicted octanol–water partition coefficient (Wildman–Crippen LogP) is 1.27. The van der Waals surface area contributed by atoms with Gasteiger partial charge in [0, 0.05) is 25.4 Å². The van der Waals surface area contributed by atoms with E-state index in [-0.39, 0.29) is 0 Å². The van der Waals surface area contributed by atoms with Crippen molar-refractivity contribution in [3.8, 4) is 5.75 Å². The minimum atomic E-state index is 0.650. The number of aromatic nitrogens is 1. The molecule has 76 valence electrons. The number of hydrogen-bond acceptors (Lipinski definition) is 4. The number of rotatable bonds is 2. The second-order valence-electron chi connectivity index (χ2n) is 3.44. The van der Waals surface area contributed by atoms with Gasteiger partial charge in [-0.2, -0.15) is 0 Å². The van der Waals surface area contributed by atoms with E-state index in [2.05, 4.69) is 9.88 Å². The Hall–Kier alpha value is -1.45. The number of nitrogens with two attached hydrogens (primary N) is 1. The summed E-state index contributed by atoms with van der Waals surface area (Å²) in [4.78, 5) is 6.50. The molecule has 0 unspecified atom stereocenters. The topological polar surface area (TPSA) is 51.4 Å². The molecule has 1 aliphatic rings. The Kier molecular flexibility index (Phi) is 2.43. The lowest BCUT2D eigenvalue weighted by molar-refractivity contribution is 0.416. The summed E-state index contributed by atoms with van der Waals surface area (Å²) in [5, 5.41) is 0. The molecule has 0 aromatic carbocycles. The molecular formula is C10H15N3O. The highest BCUT2D eigenvalue weighted by atomic mass is 16.5. The van der Waals surface area contributed by atoms with E-state index < -0.39 is 0 Å². The van der Waals surface area contributed by atoms with Gasteiger partial charge in [0.1, 0.15) is 11.4 Å². The highest BCUT2D eigenvalue weighted by molar-refractivity contribution is 5.70. The fraction of sp³-hybridized carbons (Fsp3) is 0.500. The zero-order chi connectivity index (χ0) is 9.97.